The number of benzene rings is 3. The minimum atomic E-state index is -3.60. The molecule has 0 heterocycles. The van der Waals surface area contributed by atoms with Gasteiger partial charge in [0.05, 0.1) is 22.2 Å². The fourth-order valence-electron chi connectivity index (χ4n) is 6.06. The minimum Gasteiger partial charge on any atom is -0.548 e. The van der Waals surface area contributed by atoms with E-state index in [-0.39, 0.29) is 25.3 Å². The molecule has 0 aromatic heterocycles. The van der Waals surface area contributed by atoms with E-state index in [0.717, 1.165) is 36.0 Å². The molecule has 0 spiro atoms. The molecule has 1 aliphatic rings. The summed E-state index contributed by atoms with van der Waals surface area (Å²) in [5, 5.41) is 13.8. The Bertz CT molecular complexity index is 1490. The molecule has 3 aromatic rings. The SMILES string of the molecule is CSCC[C@H](NC(=O)c1ccc(CC(CCC2CCCCC2)S(=O)(=O)c2ccccc2)cc1-c1ccccc1C)C(=O)[O-].[Li+]. The van der Waals surface area contributed by atoms with Gasteiger partial charge in [-0.3, -0.25) is 4.79 Å². The summed E-state index contributed by atoms with van der Waals surface area (Å²) >= 11 is 1.50. The molecule has 1 unspecified atom stereocenters. The van der Waals surface area contributed by atoms with Gasteiger partial charge in [0, 0.05) is 5.56 Å². The number of thioether (sulfide) groups is 1. The number of sulfone groups is 1. The van der Waals surface area contributed by atoms with E-state index in [9.17, 15) is 23.1 Å². The normalized spacial score (nSPS) is 15.1. The van der Waals surface area contributed by atoms with Crippen molar-refractivity contribution in [3.05, 3.63) is 89.5 Å². The van der Waals surface area contributed by atoms with Crippen molar-refractivity contribution in [3.63, 3.8) is 0 Å². The van der Waals surface area contributed by atoms with Gasteiger partial charge in [-0.15, -0.1) is 0 Å². The second-order valence-corrected chi connectivity index (χ2v) is 14.8. The van der Waals surface area contributed by atoms with Crippen LogP contribution in [0.2, 0.25) is 0 Å². The largest absolute Gasteiger partial charge is 1.00 e. The predicted molar refractivity (Wildman–Crippen MR) is 173 cm³/mol. The number of rotatable bonds is 14. The van der Waals surface area contributed by atoms with Crippen molar-refractivity contribution in [2.75, 3.05) is 12.0 Å². The monoisotopic (exact) mass is 627 g/mol. The summed E-state index contributed by atoms with van der Waals surface area (Å²) in [4.78, 5) is 25.6. The maximum Gasteiger partial charge on any atom is 1.00 e. The van der Waals surface area contributed by atoms with Crippen molar-refractivity contribution in [1.82, 2.24) is 5.32 Å². The van der Waals surface area contributed by atoms with Crippen molar-refractivity contribution < 1.29 is 42.0 Å². The quantitative estimate of drug-likeness (QED) is 0.276. The summed E-state index contributed by atoms with van der Waals surface area (Å²) in [7, 11) is -3.60. The van der Waals surface area contributed by atoms with Gasteiger partial charge in [0.15, 0.2) is 9.84 Å². The molecule has 0 aliphatic heterocycles. The van der Waals surface area contributed by atoms with Crippen molar-refractivity contribution >= 4 is 33.5 Å². The van der Waals surface area contributed by atoms with Crippen LogP contribution >= 0.6 is 11.8 Å². The van der Waals surface area contributed by atoms with Gasteiger partial charge in [0.1, 0.15) is 0 Å². The zero-order chi connectivity index (χ0) is 30.8. The molecule has 6 nitrogen and oxygen atoms in total. The van der Waals surface area contributed by atoms with Crippen LogP contribution in [-0.2, 0) is 21.1 Å². The third kappa shape index (κ3) is 9.50. The minimum absolute atomic E-state index is 0. The molecule has 1 fully saturated rings. The first-order valence-electron chi connectivity index (χ1n) is 15.2. The Hall–Kier alpha value is -2.50. The molecule has 4 rings (SSSR count). The second-order valence-electron chi connectivity index (χ2n) is 11.6. The van der Waals surface area contributed by atoms with Crippen LogP contribution < -0.4 is 29.3 Å². The average Bonchev–Trinajstić information content (AvgIpc) is 3.02. The van der Waals surface area contributed by atoms with Gasteiger partial charge in [-0.25, -0.2) is 8.42 Å². The summed E-state index contributed by atoms with van der Waals surface area (Å²) in [5.41, 5.74) is 3.62. The third-order valence-electron chi connectivity index (χ3n) is 8.56. The van der Waals surface area contributed by atoms with Crippen LogP contribution in [0.15, 0.2) is 77.7 Å². The van der Waals surface area contributed by atoms with Crippen LogP contribution in [-0.4, -0.2) is 43.6 Å². The molecule has 0 radical (unpaired) electrons. The number of nitrogens with one attached hydrogen (secondary N) is 1. The van der Waals surface area contributed by atoms with Crippen molar-refractivity contribution in [2.24, 2.45) is 5.92 Å². The zero-order valence-corrected chi connectivity index (χ0v) is 27.7. The summed E-state index contributed by atoms with van der Waals surface area (Å²) in [6.45, 7) is 1.96. The van der Waals surface area contributed by atoms with E-state index in [1.165, 1.54) is 31.0 Å². The first-order chi connectivity index (χ1) is 20.7. The number of aryl methyl sites for hydroxylation is 1. The number of carbonyl (C=O) groups is 2. The van der Waals surface area contributed by atoms with Crippen LogP contribution in [0.25, 0.3) is 11.1 Å². The fraction of sp³-hybridized carbons (Fsp3) is 0.429. The summed E-state index contributed by atoms with van der Waals surface area (Å²) in [6, 6.07) is 20.7. The second kappa shape index (κ2) is 17.3. The maximum absolute atomic E-state index is 13.9. The molecular weight excluding hydrogens is 585 g/mol. The summed E-state index contributed by atoms with van der Waals surface area (Å²) < 4.78 is 27.9. The molecule has 0 saturated heterocycles. The number of hydrogen-bond acceptors (Lipinski definition) is 6. The number of hydrogen-bond donors (Lipinski definition) is 1. The van der Waals surface area contributed by atoms with Gasteiger partial charge in [0.25, 0.3) is 5.91 Å². The van der Waals surface area contributed by atoms with Crippen LogP contribution in [0.4, 0.5) is 0 Å². The zero-order valence-electron chi connectivity index (χ0n) is 26.1. The molecule has 44 heavy (non-hydrogen) atoms. The van der Waals surface area contributed by atoms with E-state index in [0.29, 0.717) is 40.5 Å². The molecule has 9 heteroatoms. The Morgan fingerprint density at radius 3 is 2.27 bits per heavy atom. The topological polar surface area (TPSA) is 103 Å². The van der Waals surface area contributed by atoms with E-state index < -0.39 is 33.0 Å². The maximum atomic E-state index is 13.9. The number of carbonyl (C=O) groups excluding carboxylic acids is 2. The van der Waals surface area contributed by atoms with E-state index in [1.807, 2.05) is 49.6 Å². The van der Waals surface area contributed by atoms with Crippen molar-refractivity contribution in [2.45, 2.75) is 80.9 Å². The standard InChI is InChI=1S/C35H43NO5S2.Li/c1-25-11-9-10-16-30(25)32-24-27(18-20-31(32)34(37)36-33(35(38)39)21-22-42-2)23-29(19-17-26-12-5-3-6-13-26)43(40,41)28-14-7-4-8-15-28;/h4,7-11,14-16,18,20,24,26,29,33H,3,5-6,12-13,17,19,21-23H2,1-2H3,(H,36,37)(H,38,39);/q;+1/p-1/t29?,33-;/m0./s1. The molecule has 230 valence electrons. The van der Waals surface area contributed by atoms with Crippen LogP contribution in [0, 0.1) is 12.8 Å². The van der Waals surface area contributed by atoms with Crippen molar-refractivity contribution in [3.8, 4) is 11.1 Å². The number of aliphatic carboxylic acids is 1. The number of carboxylic acids is 1. The molecule has 1 amide bonds. The van der Waals surface area contributed by atoms with Gasteiger partial charge in [-0.1, -0.05) is 86.7 Å². The van der Waals surface area contributed by atoms with Crippen LogP contribution in [0.1, 0.15) is 72.9 Å². The average molecular weight is 628 g/mol. The Labute approximate surface area is 278 Å². The Morgan fingerprint density at radius 1 is 0.932 bits per heavy atom. The van der Waals surface area contributed by atoms with Gasteiger partial charge in [-0.2, -0.15) is 11.8 Å². The first kappa shape index (κ1) is 36.0. The van der Waals surface area contributed by atoms with Crippen LogP contribution in [0.5, 0.6) is 0 Å². The molecular formula is C35H42LiNO5S2. The van der Waals surface area contributed by atoms with Gasteiger partial charge >= 0.3 is 18.9 Å². The molecule has 0 bridgehead atoms. The Morgan fingerprint density at radius 2 is 1.61 bits per heavy atom. The molecule has 3 aromatic carbocycles. The van der Waals surface area contributed by atoms with Gasteiger partial charge in [-0.05, 0) is 91.0 Å². The molecule has 1 N–H and O–H groups in total. The Balaban J connectivity index is 0.00000529. The summed E-state index contributed by atoms with van der Waals surface area (Å²) in [5.74, 6) is -0.687. The third-order valence-corrected chi connectivity index (χ3v) is 11.4. The van der Waals surface area contributed by atoms with E-state index in [4.69, 9.17) is 0 Å². The van der Waals surface area contributed by atoms with Gasteiger partial charge in [0.2, 0.25) is 0 Å². The van der Waals surface area contributed by atoms with E-state index >= 15 is 0 Å². The van der Waals surface area contributed by atoms with E-state index in [2.05, 4.69) is 5.32 Å². The molecule has 1 aliphatic carbocycles. The summed E-state index contributed by atoms with van der Waals surface area (Å²) in [6.07, 6.45) is 9.89. The van der Waals surface area contributed by atoms with Gasteiger partial charge < -0.3 is 15.2 Å². The predicted octanol–water partition coefficient (Wildman–Crippen LogP) is 3.01. The van der Waals surface area contributed by atoms with Crippen LogP contribution in [0.3, 0.4) is 0 Å². The number of amides is 1. The van der Waals surface area contributed by atoms with Crippen molar-refractivity contribution in [1.29, 1.82) is 0 Å². The Kier molecular flexibility index (Phi) is 14.1. The fourth-order valence-corrected chi connectivity index (χ4v) is 8.32. The number of carboxylic acid groups (broad SMARTS) is 1. The first-order valence-corrected chi connectivity index (χ1v) is 18.1. The molecule has 2 atom stereocenters. The van der Waals surface area contributed by atoms with E-state index in [1.54, 1.807) is 36.4 Å². The molecule has 1 saturated carbocycles. The smallest absolute Gasteiger partial charge is 0.548 e.